The molecule has 0 aliphatic carbocycles. The van der Waals surface area contributed by atoms with Gasteiger partial charge >= 0.3 is 0 Å². The number of pyridine rings is 1. The second-order valence-electron chi connectivity index (χ2n) is 7.73. The lowest BCUT2D eigenvalue weighted by molar-refractivity contribution is -0.0170. The van der Waals surface area contributed by atoms with E-state index in [9.17, 15) is 12.8 Å². The Bertz CT molecular complexity index is 1200. The molecule has 0 spiro atoms. The molecule has 2 heterocycles. The van der Waals surface area contributed by atoms with Crippen LogP contribution in [0.3, 0.4) is 0 Å². The number of ether oxygens (including phenoxy) is 1. The van der Waals surface area contributed by atoms with Gasteiger partial charge in [-0.1, -0.05) is 30.3 Å². The van der Waals surface area contributed by atoms with Crippen molar-refractivity contribution in [2.45, 2.75) is 30.9 Å². The Balaban J connectivity index is 1.75. The predicted molar refractivity (Wildman–Crippen MR) is 118 cm³/mol. The number of hydrogen-bond donors (Lipinski definition) is 1. The average Bonchev–Trinajstić information content (AvgIpc) is 2.76. The summed E-state index contributed by atoms with van der Waals surface area (Å²) in [7, 11) is -3.80. The van der Waals surface area contributed by atoms with Crippen LogP contribution in [-0.4, -0.2) is 43.0 Å². The molecule has 1 saturated heterocycles. The van der Waals surface area contributed by atoms with Crippen molar-refractivity contribution in [1.82, 2.24) is 9.29 Å². The van der Waals surface area contributed by atoms with E-state index in [0.29, 0.717) is 34.7 Å². The monoisotopic (exact) mass is 441 g/mol. The van der Waals surface area contributed by atoms with E-state index >= 15 is 0 Å². The highest BCUT2D eigenvalue weighted by Gasteiger charge is 2.35. The molecule has 0 radical (unpaired) electrons. The summed E-state index contributed by atoms with van der Waals surface area (Å²) in [6, 6.07) is 14.4. The molecular weight excluding hydrogens is 417 g/mol. The molecule has 162 valence electrons. The van der Waals surface area contributed by atoms with Gasteiger partial charge in [-0.2, -0.15) is 4.31 Å². The highest BCUT2D eigenvalue weighted by Crippen LogP contribution is 2.34. The molecular formula is C23H24FN3O3S. The van der Waals surface area contributed by atoms with Crippen LogP contribution in [0.5, 0.6) is 0 Å². The SMILES string of the molecule is CC1CN(S(=O)(=O)c2ccccc2-c2ccc(-c3ccc(N)nc3)c(F)c2)[C@@H](C)CO1. The number of nitrogens with two attached hydrogens (primary N) is 1. The van der Waals surface area contributed by atoms with E-state index in [4.69, 9.17) is 10.5 Å². The molecule has 31 heavy (non-hydrogen) atoms. The van der Waals surface area contributed by atoms with Crippen LogP contribution in [-0.2, 0) is 14.8 Å². The Morgan fingerprint density at radius 3 is 2.52 bits per heavy atom. The first-order valence-electron chi connectivity index (χ1n) is 10.0. The molecule has 0 amide bonds. The number of sulfonamides is 1. The smallest absolute Gasteiger partial charge is 0.244 e. The van der Waals surface area contributed by atoms with E-state index in [1.807, 2.05) is 13.8 Å². The third kappa shape index (κ3) is 4.19. The van der Waals surface area contributed by atoms with Crippen molar-refractivity contribution in [2.75, 3.05) is 18.9 Å². The lowest BCUT2D eigenvalue weighted by atomic mass is 10.0. The molecule has 1 aliphatic heterocycles. The summed E-state index contributed by atoms with van der Waals surface area (Å²) < 4.78 is 49.0. The fraction of sp³-hybridized carbons (Fsp3) is 0.261. The van der Waals surface area contributed by atoms with E-state index in [0.717, 1.165) is 0 Å². The molecule has 2 N–H and O–H groups in total. The third-order valence-electron chi connectivity index (χ3n) is 5.40. The summed E-state index contributed by atoms with van der Waals surface area (Å²) in [5.41, 5.74) is 7.50. The fourth-order valence-electron chi connectivity index (χ4n) is 3.75. The molecule has 1 aliphatic rings. The van der Waals surface area contributed by atoms with Gasteiger partial charge in [0.1, 0.15) is 11.6 Å². The molecule has 1 fully saturated rings. The van der Waals surface area contributed by atoms with Gasteiger partial charge in [-0.25, -0.2) is 17.8 Å². The Labute approximate surface area is 181 Å². The van der Waals surface area contributed by atoms with E-state index < -0.39 is 15.8 Å². The molecule has 6 nitrogen and oxygen atoms in total. The van der Waals surface area contributed by atoms with Gasteiger partial charge in [-0.05, 0) is 43.7 Å². The zero-order valence-electron chi connectivity index (χ0n) is 17.3. The second-order valence-corrected chi connectivity index (χ2v) is 9.59. The van der Waals surface area contributed by atoms with Crippen LogP contribution in [0.1, 0.15) is 13.8 Å². The molecule has 8 heteroatoms. The highest BCUT2D eigenvalue weighted by molar-refractivity contribution is 7.89. The average molecular weight is 442 g/mol. The number of anilines is 1. The van der Waals surface area contributed by atoms with E-state index in [1.165, 1.54) is 16.6 Å². The first-order chi connectivity index (χ1) is 14.8. The maximum atomic E-state index is 15.0. The van der Waals surface area contributed by atoms with E-state index in [1.54, 1.807) is 48.5 Å². The van der Waals surface area contributed by atoms with E-state index in [-0.39, 0.29) is 23.6 Å². The summed E-state index contributed by atoms with van der Waals surface area (Å²) >= 11 is 0. The third-order valence-corrected chi connectivity index (χ3v) is 7.44. The Kier molecular flexibility index (Phi) is 5.79. The number of aromatic nitrogens is 1. The van der Waals surface area contributed by atoms with Crippen LogP contribution in [0, 0.1) is 5.82 Å². The molecule has 0 saturated carbocycles. The van der Waals surface area contributed by atoms with Crippen molar-refractivity contribution in [3.05, 3.63) is 66.6 Å². The summed E-state index contributed by atoms with van der Waals surface area (Å²) in [5.74, 6) is -0.115. The summed E-state index contributed by atoms with van der Waals surface area (Å²) in [4.78, 5) is 4.15. The van der Waals surface area contributed by atoms with Crippen molar-refractivity contribution in [1.29, 1.82) is 0 Å². The second kappa shape index (κ2) is 8.37. The van der Waals surface area contributed by atoms with Crippen LogP contribution in [0.2, 0.25) is 0 Å². The van der Waals surface area contributed by atoms with Gasteiger partial charge in [-0.15, -0.1) is 0 Å². The first kappa shape index (κ1) is 21.4. The quantitative estimate of drug-likeness (QED) is 0.663. The van der Waals surface area contributed by atoms with Crippen molar-refractivity contribution >= 4 is 15.8 Å². The molecule has 3 aromatic rings. The number of morpholine rings is 1. The maximum Gasteiger partial charge on any atom is 0.244 e. The predicted octanol–water partition coefficient (Wildman–Crippen LogP) is 3.93. The van der Waals surface area contributed by atoms with Crippen molar-refractivity contribution in [2.24, 2.45) is 0 Å². The van der Waals surface area contributed by atoms with Gasteiger partial charge in [0.15, 0.2) is 0 Å². The lowest BCUT2D eigenvalue weighted by Crippen LogP contribution is -2.50. The first-order valence-corrected chi connectivity index (χ1v) is 11.5. The highest BCUT2D eigenvalue weighted by atomic mass is 32.2. The maximum absolute atomic E-state index is 15.0. The van der Waals surface area contributed by atoms with Gasteiger partial charge in [0.25, 0.3) is 0 Å². The molecule has 4 rings (SSSR count). The van der Waals surface area contributed by atoms with Crippen LogP contribution in [0.25, 0.3) is 22.3 Å². The fourth-order valence-corrected chi connectivity index (χ4v) is 5.65. The summed E-state index contributed by atoms with van der Waals surface area (Å²) in [6.07, 6.45) is 1.32. The number of hydrogen-bond acceptors (Lipinski definition) is 5. The van der Waals surface area contributed by atoms with Gasteiger partial charge < -0.3 is 10.5 Å². The number of halogens is 1. The van der Waals surface area contributed by atoms with Gasteiger partial charge in [0.2, 0.25) is 10.0 Å². The van der Waals surface area contributed by atoms with Gasteiger partial charge in [-0.3, -0.25) is 0 Å². The van der Waals surface area contributed by atoms with Crippen molar-refractivity contribution in [3.8, 4) is 22.3 Å². The molecule has 1 unspecified atom stereocenters. The topological polar surface area (TPSA) is 85.5 Å². The number of rotatable bonds is 4. The number of nitrogen functional groups attached to an aromatic ring is 1. The van der Waals surface area contributed by atoms with Crippen LogP contribution in [0.15, 0.2) is 65.7 Å². The number of nitrogens with zero attached hydrogens (tertiary/aromatic N) is 2. The van der Waals surface area contributed by atoms with Crippen molar-refractivity contribution < 1.29 is 17.5 Å². The number of benzene rings is 2. The standard InChI is InChI=1S/C23H24FN3O3S/c1-15-14-30-16(2)13-27(15)31(28,29)22-6-4-3-5-20(22)17-7-9-19(21(24)11-17)18-8-10-23(25)26-12-18/h3-12,15-16H,13-14H2,1-2H3,(H2,25,26)/t15-,16?/m0/s1. The van der Waals surface area contributed by atoms with Crippen LogP contribution in [0.4, 0.5) is 10.2 Å². The zero-order valence-corrected chi connectivity index (χ0v) is 18.1. The van der Waals surface area contributed by atoms with Gasteiger partial charge in [0, 0.05) is 35.5 Å². The largest absolute Gasteiger partial charge is 0.384 e. The lowest BCUT2D eigenvalue weighted by Gasteiger charge is -2.36. The minimum atomic E-state index is -3.80. The summed E-state index contributed by atoms with van der Waals surface area (Å²) in [6.45, 7) is 4.28. The molecule has 2 atom stereocenters. The Morgan fingerprint density at radius 1 is 1.06 bits per heavy atom. The Hall–Kier alpha value is -2.81. The molecule has 1 aromatic heterocycles. The van der Waals surface area contributed by atoms with E-state index in [2.05, 4.69) is 4.98 Å². The molecule has 0 bridgehead atoms. The molecule has 2 aromatic carbocycles. The van der Waals surface area contributed by atoms with Gasteiger partial charge in [0.05, 0.1) is 17.6 Å². The normalized spacial score (nSPS) is 20.0. The van der Waals surface area contributed by atoms with Crippen LogP contribution >= 0.6 is 0 Å². The minimum absolute atomic E-state index is 0.150. The summed E-state index contributed by atoms with van der Waals surface area (Å²) in [5, 5.41) is 0. The van der Waals surface area contributed by atoms with Crippen LogP contribution < -0.4 is 5.73 Å². The van der Waals surface area contributed by atoms with Crippen molar-refractivity contribution in [3.63, 3.8) is 0 Å². The Morgan fingerprint density at radius 2 is 1.81 bits per heavy atom. The zero-order chi connectivity index (χ0) is 22.2. The minimum Gasteiger partial charge on any atom is -0.384 e.